The average molecular weight is 143 g/mol. The van der Waals surface area contributed by atoms with Crippen molar-refractivity contribution in [3.8, 4) is 0 Å². The molecule has 0 N–H and O–H groups in total. The van der Waals surface area contributed by atoms with Gasteiger partial charge < -0.3 is 4.90 Å². The van der Waals surface area contributed by atoms with Crippen molar-refractivity contribution in [1.29, 1.82) is 0 Å². The first kappa shape index (κ1) is 7.24. The first-order valence-electron chi connectivity index (χ1n) is 3.34. The van der Waals surface area contributed by atoms with Gasteiger partial charge in [0, 0.05) is 13.1 Å². The van der Waals surface area contributed by atoms with E-state index in [-0.39, 0.29) is 7.92 Å². The third-order valence-corrected chi connectivity index (χ3v) is 3.24. The molecule has 0 aromatic carbocycles. The lowest BCUT2D eigenvalue weighted by Crippen LogP contribution is -2.19. The average Bonchev–Trinajstić information content (AvgIpc) is 1.97. The minimum atomic E-state index is 0.233. The molecule has 0 saturated carbocycles. The normalized spacial score (nSPS) is 30.2. The molecule has 2 heteroatoms. The fourth-order valence-corrected chi connectivity index (χ4v) is 2.16. The number of likely N-dealkylation sites (N-methyl/N-ethyl adjacent to an activating group) is 1. The lowest BCUT2D eigenvalue weighted by Gasteiger charge is -2.11. The molecule has 52 valence electrons. The Hall–Kier alpha value is 0.130. The predicted octanol–water partition coefficient (Wildman–Crippen LogP) is 1.56. The minimum absolute atomic E-state index is 0.233. The molecule has 0 fully saturated rings. The van der Waals surface area contributed by atoms with E-state index in [2.05, 4.69) is 30.5 Å². The van der Waals surface area contributed by atoms with E-state index in [1.165, 1.54) is 12.7 Å². The van der Waals surface area contributed by atoms with Crippen molar-refractivity contribution >= 4 is 7.92 Å². The molecule has 1 atom stereocenters. The highest BCUT2D eigenvalue weighted by molar-refractivity contribution is 7.60. The highest BCUT2D eigenvalue weighted by Gasteiger charge is 2.03. The van der Waals surface area contributed by atoms with Gasteiger partial charge in [-0.15, -0.1) is 0 Å². The molecular formula is C7H14NP. The Balaban J connectivity index is 2.39. The monoisotopic (exact) mass is 143 g/mol. The van der Waals surface area contributed by atoms with Crippen LogP contribution >= 0.6 is 7.92 Å². The molecule has 1 rings (SSSR count). The highest BCUT2D eigenvalue weighted by Crippen LogP contribution is 2.32. The number of hydrogen-bond donors (Lipinski definition) is 0. The molecule has 1 aliphatic rings. The van der Waals surface area contributed by atoms with Crippen LogP contribution in [0.1, 0.15) is 0 Å². The summed E-state index contributed by atoms with van der Waals surface area (Å²) in [7, 11) is 2.41. The smallest absolute Gasteiger partial charge is 0.0163 e. The first-order valence-corrected chi connectivity index (χ1v) is 5.39. The van der Waals surface area contributed by atoms with Crippen LogP contribution in [0.15, 0.2) is 11.9 Å². The summed E-state index contributed by atoms with van der Waals surface area (Å²) in [5, 5.41) is 0. The zero-order chi connectivity index (χ0) is 6.69. The highest BCUT2D eigenvalue weighted by atomic mass is 31.1. The van der Waals surface area contributed by atoms with E-state index in [0.29, 0.717) is 0 Å². The maximum atomic E-state index is 2.37. The van der Waals surface area contributed by atoms with Gasteiger partial charge in [-0.1, -0.05) is 19.8 Å². The van der Waals surface area contributed by atoms with Gasteiger partial charge in [-0.05, 0) is 19.9 Å². The van der Waals surface area contributed by atoms with Gasteiger partial charge in [-0.25, -0.2) is 0 Å². The second-order valence-electron chi connectivity index (χ2n) is 2.63. The maximum Gasteiger partial charge on any atom is 0.0163 e. The lowest BCUT2D eigenvalue weighted by molar-refractivity contribution is 0.397. The topological polar surface area (TPSA) is 3.24 Å². The Labute approximate surface area is 58.5 Å². The van der Waals surface area contributed by atoms with E-state index in [1.807, 2.05) is 0 Å². The summed E-state index contributed by atoms with van der Waals surface area (Å²) in [5.74, 6) is 2.37. The molecule has 0 aromatic rings. The minimum Gasteiger partial charge on any atom is -0.302 e. The standard InChI is InChI=1S/C7H14NP/c1-8-4-3-6-9(2)7-5-8/h3,6H,4-5,7H2,1-2H3. The van der Waals surface area contributed by atoms with Crippen molar-refractivity contribution in [2.45, 2.75) is 0 Å². The SMILES string of the molecule is CN1CC=CP(C)CC1. The van der Waals surface area contributed by atoms with Crippen molar-refractivity contribution in [2.24, 2.45) is 0 Å². The molecule has 0 radical (unpaired) electrons. The Morgan fingerprint density at radius 3 is 3.11 bits per heavy atom. The van der Waals surface area contributed by atoms with Crippen LogP contribution in [0.3, 0.4) is 0 Å². The molecule has 0 spiro atoms. The fraction of sp³-hybridized carbons (Fsp3) is 0.714. The molecule has 0 saturated heterocycles. The zero-order valence-electron chi connectivity index (χ0n) is 6.17. The van der Waals surface area contributed by atoms with Crippen LogP contribution in [0, 0.1) is 0 Å². The summed E-state index contributed by atoms with van der Waals surface area (Å²) in [6, 6.07) is 0. The van der Waals surface area contributed by atoms with Crippen LogP contribution < -0.4 is 0 Å². The van der Waals surface area contributed by atoms with Gasteiger partial charge >= 0.3 is 0 Å². The largest absolute Gasteiger partial charge is 0.302 e. The molecule has 0 aliphatic carbocycles. The van der Waals surface area contributed by atoms with Crippen LogP contribution in [0.2, 0.25) is 0 Å². The van der Waals surface area contributed by atoms with Crippen LogP contribution in [0.25, 0.3) is 0 Å². The molecule has 1 aliphatic heterocycles. The fourth-order valence-electron chi connectivity index (χ4n) is 0.901. The van der Waals surface area contributed by atoms with E-state index >= 15 is 0 Å². The third kappa shape index (κ3) is 2.47. The molecular weight excluding hydrogens is 129 g/mol. The van der Waals surface area contributed by atoms with Crippen molar-refractivity contribution in [2.75, 3.05) is 33.0 Å². The van der Waals surface area contributed by atoms with Gasteiger partial charge in [0.1, 0.15) is 0 Å². The van der Waals surface area contributed by atoms with Crippen LogP contribution in [-0.4, -0.2) is 37.9 Å². The van der Waals surface area contributed by atoms with Gasteiger partial charge in [-0.2, -0.15) is 0 Å². The summed E-state index contributed by atoms with van der Waals surface area (Å²) in [6.45, 7) is 4.76. The van der Waals surface area contributed by atoms with Crippen molar-refractivity contribution in [3.05, 3.63) is 11.9 Å². The molecule has 1 unspecified atom stereocenters. The summed E-state index contributed by atoms with van der Waals surface area (Å²) >= 11 is 0. The van der Waals surface area contributed by atoms with E-state index in [4.69, 9.17) is 0 Å². The Kier molecular flexibility index (Phi) is 2.68. The molecule has 9 heavy (non-hydrogen) atoms. The van der Waals surface area contributed by atoms with Crippen LogP contribution in [0.4, 0.5) is 0 Å². The van der Waals surface area contributed by atoms with Gasteiger partial charge in [0.05, 0.1) is 0 Å². The molecule has 1 nitrogen and oxygen atoms in total. The van der Waals surface area contributed by atoms with Crippen molar-refractivity contribution < 1.29 is 0 Å². The summed E-state index contributed by atoms with van der Waals surface area (Å²) in [5.41, 5.74) is 0. The number of rotatable bonds is 0. The number of nitrogens with zero attached hydrogens (tertiary/aromatic N) is 1. The Morgan fingerprint density at radius 2 is 2.33 bits per heavy atom. The Bertz CT molecular complexity index is 111. The van der Waals surface area contributed by atoms with E-state index in [9.17, 15) is 0 Å². The first-order chi connectivity index (χ1) is 4.29. The second kappa shape index (κ2) is 3.34. The summed E-state index contributed by atoms with van der Waals surface area (Å²) < 4.78 is 0. The van der Waals surface area contributed by atoms with Crippen molar-refractivity contribution in [3.63, 3.8) is 0 Å². The molecule has 0 amide bonds. The van der Waals surface area contributed by atoms with Crippen molar-refractivity contribution in [1.82, 2.24) is 4.90 Å². The maximum absolute atomic E-state index is 2.37. The molecule has 0 bridgehead atoms. The quantitative estimate of drug-likeness (QED) is 0.465. The number of hydrogen-bond acceptors (Lipinski definition) is 1. The zero-order valence-corrected chi connectivity index (χ0v) is 7.06. The molecule has 1 heterocycles. The van der Waals surface area contributed by atoms with Gasteiger partial charge in [0.15, 0.2) is 0 Å². The van der Waals surface area contributed by atoms with Gasteiger partial charge in [-0.3, -0.25) is 0 Å². The van der Waals surface area contributed by atoms with E-state index in [0.717, 1.165) is 6.54 Å². The lowest BCUT2D eigenvalue weighted by atomic mass is 10.5. The van der Waals surface area contributed by atoms with Gasteiger partial charge in [0.25, 0.3) is 0 Å². The van der Waals surface area contributed by atoms with Gasteiger partial charge in [0.2, 0.25) is 0 Å². The van der Waals surface area contributed by atoms with E-state index in [1.54, 1.807) is 0 Å². The summed E-state index contributed by atoms with van der Waals surface area (Å²) in [4.78, 5) is 2.36. The van der Waals surface area contributed by atoms with Crippen LogP contribution in [0.5, 0.6) is 0 Å². The molecule has 0 aromatic heterocycles. The summed E-state index contributed by atoms with van der Waals surface area (Å²) in [6.07, 6.45) is 3.67. The third-order valence-electron chi connectivity index (χ3n) is 1.61. The second-order valence-corrected chi connectivity index (χ2v) is 4.89. The predicted molar refractivity (Wildman–Crippen MR) is 44.3 cm³/mol. The van der Waals surface area contributed by atoms with Crippen LogP contribution in [-0.2, 0) is 0 Å². The van der Waals surface area contributed by atoms with E-state index < -0.39 is 0 Å². The Morgan fingerprint density at radius 1 is 1.56 bits per heavy atom.